The summed E-state index contributed by atoms with van der Waals surface area (Å²) in [5, 5.41) is 3.10. The number of carbonyl (C=O) groups is 2. The smallest absolute Gasteiger partial charge is 0.241 e. The zero-order chi connectivity index (χ0) is 13.7. The maximum atomic E-state index is 12.0. The van der Waals surface area contributed by atoms with Crippen molar-refractivity contribution in [3.8, 4) is 0 Å². The lowest BCUT2D eigenvalue weighted by molar-refractivity contribution is -0.137. The Bertz CT molecular complexity index is 445. The summed E-state index contributed by atoms with van der Waals surface area (Å²) in [7, 11) is 0. The van der Waals surface area contributed by atoms with Crippen LogP contribution in [0.15, 0.2) is 30.3 Å². The highest BCUT2D eigenvalue weighted by Crippen LogP contribution is 2.06. The van der Waals surface area contributed by atoms with Crippen molar-refractivity contribution in [3.05, 3.63) is 30.3 Å². The van der Waals surface area contributed by atoms with Crippen LogP contribution in [0.25, 0.3) is 0 Å². The predicted molar refractivity (Wildman–Crippen MR) is 81.0 cm³/mol. The first-order valence-corrected chi connectivity index (χ1v) is 6.49. The third-order valence-electron chi connectivity index (χ3n) is 3.30. The quantitative estimate of drug-likeness (QED) is 0.912. The first kappa shape index (κ1) is 16.3. The van der Waals surface area contributed by atoms with E-state index in [1.165, 1.54) is 0 Å². The molecule has 0 bridgehead atoms. The molecule has 20 heavy (non-hydrogen) atoms. The Balaban J connectivity index is 0.00000200. The molecular formula is C14H20ClN3O2. The van der Waals surface area contributed by atoms with E-state index >= 15 is 0 Å². The van der Waals surface area contributed by atoms with E-state index < -0.39 is 0 Å². The molecule has 0 spiro atoms. The molecule has 1 aliphatic rings. The van der Waals surface area contributed by atoms with Gasteiger partial charge in [-0.3, -0.25) is 9.59 Å². The number of anilines is 1. The van der Waals surface area contributed by atoms with Crippen molar-refractivity contribution in [1.82, 2.24) is 9.80 Å². The van der Waals surface area contributed by atoms with Gasteiger partial charge in [0.2, 0.25) is 11.8 Å². The highest BCUT2D eigenvalue weighted by Gasteiger charge is 2.21. The number of piperazine rings is 1. The Kier molecular flexibility index (Phi) is 6.31. The molecule has 1 heterocycles. The number of hydrogen-bond donors (Lipinski definition) is 1. The zero-order valence-electron chi connectivity index (χ0n) is 11.5. The van der Waals surface area contributed by atoms with Crippen LogP contribution in [-0.2, 0) is 9.59 Å². The van der Waals surface area contributed by atoms with E-state index in [0.717, 1.165) is 5.69 Å². The molecule has 1 aliphatic heterocycles. The molecule has 1 aromatic rings. The number of rotatable bonds is 3. The van der Waals surface area contributed by atoms with E-state index in [4.69, 9.17) is 0 Å². The van der Waals surface area contributed by atoms with Crippen molar-refractivity contribution in [2.75, 3.05) is 38.0 Å². The molecule has 0 aliphatic carbocycles. The van der Waals surface area contributed by atoms with Crippen LogP contribution < -0.4 is 5.32 Å². The average Bonchev–Trinajstić information content (AvgIpc) is 2.46. The van der Waals surface area contributed by atoms with Gasteiger partial charge in [-0.05, 0) is 12.1 Å². The number of halogens is 1. The zero-order valence-corrected chi connectivity index (χ0v) is 12.4. The number of hydrogen-bond acceptors (Lipinski definition) is 3. The Morgan fingerprint density at radius 2 is 1.60 bits per heavy atom. The summed E-state index contributed by atoms with van der Waals surface area (Å²) < 4.78 is 0. The molecule has 1 N–H and O–H groups in total. The number of benzene rings is 1. The SMILES string of the molecule is CC(=O)N1CCN(C(=O)CNc2ccccc2)CC1.Cl. The van der Waals surface area contributed by atoms with Crippen LogP contribution in [0.1, 0.15) is 6.92 Å². The van der Waals surface area contributed by atoms with Crippen molar-refractivity contribution >= 4 is 29.9 Å². The van der Waals surface area contributed by atoms with Gasteiger partial charge in [-0.1, -0.05) is 18.2 Å². The average molecular weight is 298 g/mol. The summed E-state index contributed by atoms with van der Waals surface area (Å²) in [4.78, 5) is 26.8. The van der Waals surface area contributed by atoms with Gasteiger partial charge in [-0.25, -0.2) is 0 Å². The first-order valence-electron chi connectivity index (χ1n) is 6.49. The van der Waals surface area contributed by atoms with Gasteiger partial charge in [0.1, 0.15) is 0 Å². The third-order valence-corrected chi connectivity index (χ3v) is 3.30. The van der Waals surface area contributed by atoms with Gasteiger partial charge in [-0.2, -0.15) is 0 Å². The van der Waals surface area contributed by atoms with Crippen molar-refractivity contribution in [3.63, 3.8) is 0 Å². The second-order valence-corrected chi connectivity index (χ2v) is 4.61. The van der Waals surface area contributed by atoms with Crippen LogP contribution in [-0.4, -0.2) is 54.3 Å². The highest BCUT2D eigenvalue weighted by molar-refractivity contribution is 5.85. The van der Waals surface area contributed by atoms with E-state index in [1.54, 1.807) is 16.7 Å². The summed E-state index contributed by atoms with van der Waals surface area (Å²) in [6.07, 6.45) is 0. The fraction of sp³-hybridized carbons (Fsp3) is 0.429. The molecular weight excluding hydrogens is 278 g/mol. The normalized spacial score (nSPS) is 14.4. The highest BCUT2D eigenvalue weighted by atomic mass is 35.5. The molecule has 110 valence electrons. The Labute approximate surface area is 125 Å². The summed E-state index contributed by atoms with van der Waals surface area (Å²) in [6.45, 7) is 4.36. The molecule has 1 fully saturated rings. The van der Waals surface area contributed by atoms with E-state index in [2.05, 4.69) is 5.32 Å². The van der Waals surface area contributed by atoms with Crippen LogP contribution in [0.2, 0.25) is 0 Å². The molecule has 0 atom stereocenters. The minimum absolute atomic E-state index is 0. The molecule has 2 rings (SSSR count). The maximum Gasteiger partial charge on any atom is 0.241 e. The van der Waals surface area contributed by atoms with Crippen LogP contribution >= 0.6 is 12.4 Å². The summed E-state index contributed by atoms with van der Waals surface area (Å²) in [5.41, 5.74) is 0.943. The fourth-order valence-corrected chi connectivity index (χ4v) is 2.12. The monoisotopic (exact) mass is 297 g/mol. The molecule has 0 radical (unpaired) electrons. The number of nitrogens with zero attached hydrogens (tertiary/aromatic N) is 2. The van der Waals surface area contributed by atoms with Gasteiger partial charge in [0.15, 0.2) is 0 Å². The molecule has 1 saturated heterocycles. The van der Waals surface area contributed by atoms with Crippen LogP contribution in [0.3, 0.4) is 0 Å². The van der Waals surface area contributed by atoms with E-state index in [9.17, 15) is 9.59 Å². The Morgan fingerprint density at radius 1 is 1.05 bits per heavy atom. The van der Waals surface area contributed by atoms with Crippen LogP contribution in [0.4, 0.5) is 5.69 Å². The van der Waals surface area contributed by atoms with Crippen molar-refractivity contribution in [2.45, 2.75) is 6.92 Å². The third kappa shape index (κ3) is 4.42. The minimum atomic E-state index is 0. The Morgan fingerprint density at radius 3 is 2.15 bits per heavy atom. The van der Waals surface area contributed by atoms with Gasteiger partial charge in [0.05, 0.1) is 6.54 Å². The second-order valence-electron chi connectivity index (χ2n) is 4.61. The molecule has 2 amide bonds. The largest absolute Gasteiger partial charge is 0.376 e. The van der Waals surface area contributed by atoms with Gasteiger partial charge in [0.25, 0.3) is 0 Å². The number of amides is 2. The summed E-state index contributed by atoms with van der Waals surface area (Å²) in [6, 6.07) is 9.66. The van der Waals surface area contributed by atoms with Crippen molar-refractivity contribution < 1.29 is 9.59 Å². The minimum Gasteiger partial charge on any atom is -0.376 e. The molecule has 0 aromatic heterocycles. The topological polar surface area (TPSA) is 52.7 Å². The van der Waals surface area contributed by atoms with Gasteiger partial charge >= 0.3 is 0 Å². The number of nitrogens with one attached hydrogen (secondary N) is 1. The Hall–Kier alpha value is -1.75. The lowest BCUT2D eigenvalue weighted by Crippen LogP contribution is -2.51. The molecule has 6 heteroatoms. The van der Waals surface area contributed by atoms with Gasteiger partial charge < -0.3 is 15.1 Å². The van der Waals surface area contributed by atoms with Gasteiger partial charge in [-0.15, -0.1) is 12.4 Å². The summed E-state index contributed by atoms with van der Waals surface area (Å²) >= 11 is 0. The second kappa shape index (κ2) is 7.75. The van der Waals surface area contributed by atoms with Crippen molar-refractivity contribution in [2.24, 2.45) is 0 Å². The van der Waals surface area contributed by atoms with Crippen molar-refractivity contribution in [1.29, 1.82) is 0 Å². The van der Waals surface area contributed by atoms with Crippen LogP contribution in [0.5, 0.6) is 0 Å². The predicted octanol–water partition coefficient (Wildman–Crippen LogP) is 1.21. The molecule has 0 unspecified atom stereocenters. The first-order chi connectivity index (χ1) is 9.16. The fourth-order valence-electron chi connectivity index (χ4n) is 2.12. The number of carbonyl (C=O) groups excluding carboxylic acids is 2. The molecule has 1 aromatic carbocycles. The van der Waals surface area contributed by atoms with E-state index in [1.807, 2.05) is 30.3 Å². The standard InChI is InChI=1S/C14H19N3O2.ClH/c1-12(18)16-7-9-17(10-8-16)14(19)11-15-13-5-3-2-4-6-13;/h2-6,15H,7-11H2,1H3;1H. The molecule has 5 nitrogen and oxygen atoms in total. The van der Waals surface area contributed by atoms with Crippen LogP contribution in [0, 0.1) is 0 Å². The van der Waals surface area contributed by atoms with E-state index in [-0.39, 0.29) is 24.2 Å². The van der Waals surface area contributed by atoms with E-state index in [0.29, 0.717) is 32.7 Å². The molecule has 0 saturated carbocycles. The van der Waals surface area contributed by atoms with Gasteiger partial charge in [0, 0.05) is 38.8 Å². The maximum absolute atomic E-state index is 12.0. The summed E-state index contributed by atoms with van der Waals surface area (Å²) in [5.74, 6) is 0.154. The lowest BCUT2D eigenvalue weighted by atomic mass is 10.3. The number of para-hydroxylation sites is 1. The lowest BCUT2D eigenvalue weighted by Gasteiger charge is -2.34.